The van der Waals surface area contributed by atoms with Gasteiger partial charge in [0.2, 0.25) is 5.76 Å². The first-order chi connectivity index (χ1) is 8.29. The largest absolute Gasteiger partial charge is 0.463 e. The van der Waals surface area contributed by atoms with E-state index in [-0.39, 0.29) is 18.2 Å². The van der Waals surface area contributed by atoms with Gasteiger partial charge in [-0.3, -0.25) is 4.90 Å². The van der Waals surface area contributed by atoms with Gasteiger partial charge in [-0.15, -0.1) is 12.4 Å². The van der Waals surface area contributed by atoms with E-state index < -0.39 is 5.97 Å². The first-order valence-electron chi connectivity index (χ1n) is 5.89. The Labute approximate surface area is 113 Å². The first kappa shape index (κ1) is 15.0. The van der Waals surface area contributed by atoms with Crippen LogP contribution in [-0.2, 0) is 11.3 Å². The topological polar surface area (TPSA) is 54.7 Å². The summed E-state index contributed by atoms with van der Waals surface area (Å²) in [6.45, 7) is 4.89. The van der Waals surface area contributed by atoms with Gasteiger partial charge in [-0.2, -0.15) is 0 Å². The van der Waals surface area contributed by atoms with E-state index >= 15 is 0 Å². The molecule has 5 nitrogen and oxygen atoms in total. The Balaban J connectivity index is 0.00000162. The molecule has 0 aliphatic carbocycles. The van der Waals surface area contributed by atoms with Crippen LogP contribution in [0.1, 0.15) is 22.7 Å². The Morgan fingerprint density at radius 3 is 3.06 bits per heavy atom. The number of ether oxygens (including phenoxy) is 1. The third kappa shape index (κ3) is 4.01. The smallest absolute Gasteiger partial charge is 0.373 e. The van der Waals surface area contributed by atoms with Crippen molar-refractivity contribution in [2.24, 2.45) is 0 Å². The fraction of sp³-hybridized carbons (Fsp3) is 0.583. The molecule has 2 heterocycles. The van der Waals surface area contributed by atoms with Crippen molar-refractivity contribution in [2.45, 2.75) is 13.0 Å². The van der Waals surface area contributed by atoms with Gasteiger partial charge in [0.25, 0.3) is 0 Å². The van der Waals surface area contributed by atoms with Gasteiger partial charge in [-0.25, -0.2) is 4.79 Å². The molecule has 1 saturated heterocycles. The molecule has 2 rings (SSSR count). The molecular weight excluding hydrogens is 256 g/mol. The molecule has 1 fully saturated rings. The highest BCUT2D eigenvalue weighted by atomic mass is 35.5. The number of nitrogens with one attached hydrogen (secondary N) is 1. The van der Waals surface area contributed by atoms with Crippen molar-refractivity contribution in [3.63, 3.8) is 0 Å². The number of furan rings is 1. The number of rotatable bonds is 3. The number of hydrogen-bond acceptors (Lipinski definition) is 5. The molecule has 102 valence electrons. The van der Waals surface area contributed by atoms with Crippen molar-refractivity contribution in [3.8, 4) is 0 Å². The van der Waals surface area contributed by atoms with Crippen molar-refractivity contribution in [1.29, 1.82) is 0 Å². The predicted molar refractivity (Wildman–Crippen MR) is 70.1 cm³/mol. The molecule has 0 atom stereocenters. The van der Waals surface area contributed by atoms with Crippen molar-refractivity contribution >= 4 is 18.4 Å². The van der Waals surface area contributed by atoms with Crippen LogP contribution in [0.2, 0.25) is 0 Å². The average Bonchev–Trinajstić information content (AvgIpc) is 2.65. The summed E-state index contributed by atoms with van der Waals surface area (Å²) < 4.78 is 10.0. The zero-order valence-electron chi connectivity index (χ0n) is 10.5. The van der Waals surface area contributed by atoms with Crippen LogP contribution in [0.5, 0.6) is 0 Å². The molecule has 1 aromatic heterocycles. The van der Waals surface area contributed by atoms with Gasteiger partial charge in [-0.1, -0.05) is 0 Å². The zero-order valence-corrected chi connectivity index (χ0v) is 11.3. The van der Waals surface area contributed by atoms with Crippen molar-refractivity contribution in [1.82, 2.24) is 10.2 Å². The SMILES string of the molecule is COC(=O)c1ccc(CN2CCCNCC2)o1.Cl. The lowest BCUT2D eigenvalue weighted by atomic mass is 10.3. The minimum absolute atomic E-state index is 0. The maximum atomic E-state index is 11.2. The van der Waals surface area contributed by atoms with E-state index in [1.807, 2.05) is 6.07 Å². The van der Waals surface area contributed by atoms with Crippen LogP contribution < -0.4 is 5.32 Å². The summed E-state index contributed by atoms with van der Waals surface area (Å²) in [6.07, 6.45) is 1.14. The van der Waals surface area contributed by atoms with Gasteiger partial charge < -0.3 is 14.5 Å². The summed E-state index contributed by atoms with van der Waals surface area (Å²) in [5, 5.41) is 3.35. The Bertz CT molecular complexity index is 373. The molecule has 1 aliphatic rings. The van der Waals surface area contributed by atoms with E-state index in [4.69, 9.17) is 4.42 Å². The van der Waals surface area contributed by atoms with Crippen LogP contribution in [-0.4, -0.2) is 44.2 Å². The van der Waals surface area contributed by atoms with Crippen LogP contribution in [0.25, 0.3) is 0 Å². The normalized spacial score (nSPS) is 16.7. The Morgan fingerprint density at radius 1 is 1.44 bits per heavy atom. The molecule has 1 aromatic rings. The predicted octanol–water partition coefficient (Wildman–Crippen LogP) is 1.28. The summed E-state index contributed by atoms with van der Waals surface area (Å²) in [7, 11) is 1.35. The van der Waals surface area contributed by atoms with Gasteiger partial charge in [0.1, 0.15) is 5.76 Å². The molecule has 1 aliphatic heterocycles. The highest BCUT2D eigenvalue weighted by Crippen LogP contribution is 2.12. The highest BCUT2D eigenvalue weighted by molar-refractivity contribution is 5.86. The number of methoxy groups -OCH3 is 1. The van der Waals surface area contributed by atoms with Crippen LogP contribution in [0.3, 0.4) is 0 Å². The van der Waals surface area contributed by atoms with Crippen molar-refractivity contribution < 1.29 is 13.9 Å². The number of esters is 1. The van der Waals surface area contributed by atoms with Crippen LogP contribution in [0.15, 0.2) is 16.5 Å². The second kappa shape index (κ2) is 7.41. The van der Waals surface area contributed by atoms with Gasteiger partial charge in [0, 0.05) is 13.1 Å². The van der Waals surface area contributed by atoms with Crippen molar-refractivity contribution in [2.75, 3.05) is 33.3 Å². The van der Waals surface area contributed by atoms with Crippen LogP contribution >= 0.6 is 12.4 Å². The van der Waals surface area contributed by atoms with Crippen molar-refractivity contribution in [3.05, 3.63) is 23.7 Å². The summed E-state index contributed by atoms with van der Waals surface area (Å²) in [4.78, 5) is 13.6. The first-order valence-corrected chi connectivity index (χ1v) is 5.89. The van der Waals surface area contributed by atoms with E-state index in [1.165, 1.54) is 7.11 Å². The molecule has 0 spiro atoms. The molecule has 0 aromatic carbocycles. The average molecular weight is 275 g/mol. The molecule has 0 unspecified atom stereocenters. The maximum absolute atomic E-state index is 11.2. The summed E-state index contributed by atoms with van der Waals surface area (Å²) in [5.74, 6) is 0.663. The number of carbonyl (C=O) groups excluding carboxylic acids is 1. The summed E-state index contributed by atoms with van der Waals surface area (Å²) >= 11 is 0. The Morgan fingerprint density at radius 2 is 2.28 bits per heavy atom. The third-order valence-corrected chi connectivity index (χ3v) is 2.86. The highest BCUT2D eigenvalue weighted by Gasteiger charge is 2.14. The number of halogens is 1. The molecule has 0 bridgehead atoms. The minimum Gasteiger partial charge on any atom is -0.463 e. The molecule has 18 heavy (non-hydrogen) atoms. The fourth-order valence-corrected chi connectivity index (χ4v) is 1.95. The van der Waals surface area contributed by atoms with E-state index in [0.29, 0.717) is 0 Å². The minimum atomic E-state index is -0.422. The summed E-state index contributed by atoms with van der Waals surface area (Å²) in [5.41, 5.74) is 0. The van der Waals surface area contributed by atoms with Gasteiger partial charge in [0.05, 0.1) is 13.7 Å². The van der Waals surface area contributed by atoms with E-state index in [2.05, 4.69) is 15.0 Å². The third-order valence-electron chi connectivity index (χ3n) is 2.86. The lowest BCUT2D eigenvalue weighted by Crippen LogP contribution is -2.27. The van der Waals surface area contributed by atoms with E-state index in [9.17, 15) is 4.79 Å². The quantitative estimate of drug-likeness (QED) is 0.842. The Hall–Kier alpha value is -1.04. The standard InChI is InChI=1S/C12H18N2O3.ClH/c1-16-12(15)11-4-3-10(17-11)9-14-7-2-5-13-6-8-14;/h3-4,13H,2,5-9H2,1H3;1H. The second-order valence-corrected chi connectivity index (χ2v) is 4.14. The molecule has 1 N–H and O–H groups in total. The maximum Gasteiger partial charge on any atom is 0.373 e. The molecular formula is C12H19ClN2O3. The lowest BCUT2D eigenvalue weighted by molar-refractivity contribution is 0.0561. The zero-order chi connectivity index (χ0) is 12.1. The number of nitrogens with zero attached hydrogens (tertiary/aromatic N) is 1. The number of hydrogen-bond donors (Lipinski definition) is 1. The van der Waals surface area contributed by atoms with E-state index in [1.54, 1.807) is 6.07 Å². The van der Waals surface area contributed by atoms with Gasteiger partial charge >= 0.3 is 5.97 Å². The van der Waals surface area contributed by atoms with E-state index in [0.717, 1.165) is 44.9 Å². The molecule has 0 saturated carbocycles. The monoisotopic (exact) mass is 274 g/mol. The fourth-order valence-electron chi connectivity index (χ4n) is 1.95. The number of carbonyl (C=O) groups is 1. The molecule has 0 amide bonds. The molecule has 6 heteroatoms. The van der Waals surface area contributed by atoms with Gasteiger partial charge in [0.15, 0.2) is 0 Å². The lowest BCUT2D eigenvalue weighted by Gasteiger charge is -2.17. The van der Waals surface area contributed by atoms with Crippen LogP contribution in [0.4, 0.5) is 0 Å². The molecule has 0 radical (unpaired) electrons. The summed E-state index contributed by atoms with van der Waals surface area (Å²) in [6, 6.07) is 3.50. The Kier molecular flexibility index (Phi) is 6.18. The van der Waals surface area contributed by atoms with Crippen LogP contribution in [0, 0.1) is 0 Å². The second-order valence-electron chi connectivity index (χ2n) is 4.14. The van der Waals surface area contributed by atoms with Gasteiger partial charge in [-0.05, 0) is 31.6 Å².